The Hall–Kier alpha value is -4.60. The molecule has 57 heavy (non-hydrogen) atoms. The number of allylic oxidation sites excluding steroid dienone is 17. The summed E-state index contributed by atoms with van der Waals surface area (Å²) in [6.07, 6.45) is 51.0. The minimum absolute atomic E-state index is 0.259. The molecule has 1 aliphatic heterocycles. The van der Waals surface area contributed by atoms with Crippen LogP contribution in [0.15, 0.2) is 166 Å². The molecule has 8 aliphatic rings. The third-order valence-electron chi connectivity index (χ3n) is 15.1. The van der Waals surface area contributed by atoms with Crippen molar-refractivity contribution in [3.8, 4) is 0 Å². The number of furan rings is 1. The quantitative estimate of drug-likeness (QED) is 0.246. The second-order valence-electron chi connectivity index (χ2n) is 18.4. The molecule has 2 heterocycles. The summed E-state index contributed by atoms with van der Waals surface area (Å²) in [4.78, 5) is 0. The second kappa shape index (κ2) is 15.3. The van der Waals surface area contributed by atoms with Gasteiger partial charge in [0.15, 0.2) is 0 Å². The van der Waals surface area contributed by atoms with E-state index >= 15 is 0 Å². The molecule has 1 aromatic heterocycles. The molecule has 290 valence electrons. The molecule has 3 heteroatoms. The minimum Gasteiger partial charge on any atom is -0.456 e. The van der Waals surface area contributed by atoms with Crippen LogP contribution in [0.1, 0.15) is 95.0 Å². The summed E-state index contributed by atoms with van der Waals surface area (Å²) in [6.45, 7) is 0. The zero-order chi connectivity index (χ0) is 37.7. The SMILES string of the molecule is C1=CC2C(C3C=CCC(C4NC(C5CCCCC5)=CC(C5=CCC(C6=CCC(c7cccc8c7oc7ccccc78)CC6)C=C5)N4)C3)=CC3=C(C=CCC3)C2C=C1. The van der Waals surface area contributed by atoms with Crippen LogP contribution in [0.2, 0.25) is 0 Å². The van der Waals surface area contributed by atoms with Crippen molar-refractivity contribution < 1.29 is 4.42 Å². The number of fused-ring (bicyclic) bond motifs is 5. The van der Waals surface area contributed by atoms with E-state index < -0.39 is 0 Å². The Balaban J connectivity index is 0.800. The van der Waals surface area contributed by atoms with E-state index in [1.807, 2.05) is 0 Å². The number of rotatable bonds is 6. The van der Waals surface area contributed by atoms with Gasteiger partial charge < -0.3 is 9.73 Å². The summed E-state index contributed by atoms with van der Waals surface area (Å²) in [6, 6.07) is 15.5. The summed E-state index contributed by atoms with van der Waals surface area (Å²) < 4.78 is 6.44. The van der Waals surface area contributed by atoms with Gasteiger partial charge in [-0.2, -0.15) is 0 Å². The van der Waals surface area contributed by atoms with Crippen molar-refractivity contribution in [2.45, 2.75) is 102 Å². The number of hydrogen-bond donors (Lipinski definition) is 2. The van der Waals surface area contributed by atoms with Gasteiger partial charge in [-0.05, 0) is 122 Å². The molecule has 0 radical (unpaired) electrons. The summed E-state index contributed by atoms with van der Waals surface area (Å²) in [5, 5.41) is 10.9. The van der Waals surface area contributed by atoms with E-state index in [-0.39, 0.29) is 12.2 Å². The first kappa shape index (κ1) is 35.6. The van der Waals surface area contributed by atoms with Crippen molar-refractivity contribution in [3.05, 3.63) is 167 Å². The van der Waals surface area contributed by atoms with Gasteiger partial charge in [0.2, 0.25) is 0 Å². The van der Waals surface area contributed by atoms with E-state index in [9.17, 15) is 0 Å². The number of para-hydroxylation sites is 2. The van der Waals surface area contributed by atoms with Crippen LogP contribution >= 0.6 is 0 Å². The van der Waals surface area contributed by atoms with Crippen LogP contribution in [-0.4, -0.2) is 12.2 Å². The third kappa shape index (κ3) is 6.74. The average molecular weight is 751 g/mol. The van der Waals surface area contributed by atoms with Gasteiger partial charge in [-0.1, -0.05) is 146 Å². The van der Waals surface area contributed by atoms with Gasteiger partial charge in [-0.3, -0.25) is 5.32 Å². The predicted molar refractivity (Wildman–Crippen MR) is 236 cm³/mol. The molecule has 8 unspecified atom stereocenters. The van der Waals surface area contributed by atoms with Crippen LogP contribution in [0.3, 0.4) is 0 Å². The van der Waals surface area contributed by atoms with Gasteiger partial charge in [-0.25, -0.2) is 0 Å². The number of nitrogens with one attached hydrogen (secondary N) is 2. The molecule has 3 nitrogen and oxygen atoms in total. The topological polar surface area (TPSA) is 37.2 Å². The van der Waals surface area contributed by atoms with Gasteiger partial charge in [-0.15, -0.1) is 0 Å². The maximum absolute atomic E-state index is 6.44. The molecule has 0 bridgehead atoms. The lowest BCUT2D eigenvalue weighted by Crippen LogP contribution is -2.56. The maximum atomic E-state index is 6.44. The Morgan fingerprint density at radius 1 is 0.702 bits per heavy atom. The lowest BCUT2D eigenvalue weighted by Gasteiger charge is -2.43. The highest BCUT2D eigenvalue weighted by atomic mass is 16.3. The fourth-order valence-corrected chi connectivity index (χ4v) is 12.0. The third-order valence-corrected chi connectivity index (χ3v) is 15.1. The fourth-order valence-electron chi connectivity index (χ4n) is 12.0. The molecule has 8 atom stereocenters. The molecular weight excluding hydrogens is 693 g/mol. The Bertz CT molecular complexity index is 2360. The highest BCUT2D eigenvalue weighted by Crippen LogP contribution is 2.48. The van der Waals surface area contributed by atoms with Gasteiger partial charge >= 0.3 is 0 Å². The van der Waals surface area contributed by atoms with E-state index in [0.29, 0.717) is 41.4 Å². The lowest BCUT2D eigenvalue weighted by molar-refractivity contribution is 0.242. The van der Waals surface area contributed by atoms with Crippen LogP contribution < -0.4 is 10.6 Å². The van der Waals surface area contributed by atoms with Gasteiger partial charge in [0, 0.05) is 34.2 Å². The summed E-state index contributed by atoms with van der Waals surface area (Å²) in [5.41, 5.74) is 12.9. The standard InChI is InChI=1S/C54H58N2O/c1-2-12-38(13-3-1)50-34-51(56-54(55-50)42-16-10-15-40(32-42)49-33-41-14-4-5-17-43(41)45-18-6-7-19-46(45)49)39-30-26-36(27-31-39)35-24-28-37(29-25-35)44-21-11-22-48-47-20-8-9-23-52(47)57-53(44)48/h5-11,15,17-24,26,30-31,33-34,36-38,40,42,45-46,51,54-56H,1-4,12-14,16,25,27-29,32H2. The molecule has 0 spiro atoms. The van der Waals surface area contributed by atoms with E-state index in [0.717, 1.165) is 36.8 Å². The molecule has 7 aliphatic carbocycles. The Labute approximate surface area is 339 Å². The Morgan fingerprint density at radius 2 is 1.60 bits per heavy atom. The maximum Gasteiger partial charge on any atom is 0.138 e. The van der Waals surface area contributed by atoms with Gasteiger partial charge in [0.05, 0.1) is 12.2 Å². The normalized spacial score (nSPS) is 32.7. The van der Waals surface area contributed by atoms with Gasteiger partial charge in [0.1, 0.15) is 11.2 Å². The van der Waals surface area contributed by atoms with Crippen LogP contribution in [0, 0.1) is 35.5 Å². The highest BCUT2D eigenvalue weighted by molar-refractivity contribution is 6.05. The summed E-state index contributed by atoms with van der Waals surface area (Å²) in [5.74, 6) is 3.68. The zero-order valence-electron chi connectivity index (χ0n) is 33.4. The molecule has 1 saturated carbocycles. The fraction of sp³-hybridized carbons (Fsp3) is 0.407. The largest absolute Gasteiger partial charge is 0.456 e. The second-order valence-corrected chi connectivity index (χ2v) is 18.4. The van der Waals surface area contributed by atoms with E-state index in [2.05, 4.69) is 138 Å². The van der Waals surface area contributed by atoms with Crippen molar-refractivity contribution in [1.82, 2.24) is 10.6 Å². The molecular formula is C54H58N2O. The average Bonchev–Trinajstić information content (AvgIpc) is 3.68. The molecule has 2 N–H and O–H groups in total. The van der Waals surface area contributed by atoms with E-state index in [1.54, 1.807) is 22.3 Å². The van der Waals surface area contributed by atoms with Crippen molar-refractivity contribution in [3.63, 3.8) is 0 Å². The first-order chi connectivity index (χ1) is 28.2. The van der Waals surface area contributed by atoms with Crippen molar-refractivity contribution in [1.29, 1.82) is 0 Å². The van der Waals surface area contributed by atoms with Crippen molar-refractivity contribution >= 4 is 21.9 Å². The molecule has 1 fully saturated rings. The molecule has 2 aromatic carbocycles. The zero-order valence-corrected chi connectivity index (χ0v) is 33.4. The van der Waals surface area contributed by atoms with Gasteiger partial charge in [0.25, 0.3) is 0 Å². The first-order valence-electron chi connectivity index (χ1n) is 22.6. The first-order valence-corrected chi connectivity index (χ1v) is 22.6. The van der Waals surface area contributed by atoms with Crippen LogP contribution in [0.25, 0.3) is 21.9 Å². The van der Waals surface area contributed by atoms with E-state index in [1.165, 1.54) is 85.4 Å². The van der Waals surface area contributed by atoms with Crippen molar-refractivity contribution in [2.24, 2.45) is 35.5 Å². The lowest BCUT2D eigenvalue weighted by atomic mass is 9.66. The smallest absolute Gasteiger partial charge is 0.138 e. The van der Waals surface area contributed by atoms with E-state index in [4.69, 9.17) is 4.42 Å². The monoisotopic (exact) mass is 750 g/mol. The number of benzene rings is 2. The summed E-state index contributed by atoms with van der Waals surface area (Å²) in [7, 11) is 0. The molecule has 11 rings (SSSR count). The van der Waals surface area contributed by atoms with Crippen LogP contribution in [-0.2, 0) is 0 Å². The minimum atomic E-state index is 0.259. The molecule has 3 aromatic rings. The van der Waals surface area contributed by atoms with Crippen LogP contribution in [0.4, 0.5) is 0 Å². The Morgan fingerprint density at radius 3 is 2.47 bits per heavy atom. The van der Waals surface area contributed by atoms with Crippen LogP contribution in [0.5, 0.6) is 0 Å². The number of hydrogen-bond acceptors (Lipinski definition) is 3. The summed E-state index contributed by atoms with van der Waals surface area (Å²) >= 11 is 0. The predicted octanol–water partition coefficient (Wildman–Crippen LogP) is 13.2. The Kier molecular flexibility index (Phi) is 9.54. The van der Waals surface area contributed by atoms with Crippen molar-refractivity contribution in [2.75, 3.05) is 0 Å². The molecule has 0 saturated heterocycles. The highest BCUT2D eigenvalue weighted by Gasteiger charge is 2.38. The molecule has 0 amide bonds.